The molecular weight excluding hydrogens is 527 g/mol. The van der Waals surface area contributed by atoms with Gasteiger partial charge in [-0.1, -0.05) is 0 Å². The van der Waals surface area contributed by atoms with Gasteiger partial charge in [0.1, 0.15) is 11.4 Å². The first-order chi connectivity index (χ1) is 17.5. The number of fused-ring (bicyclic) bond motifs is 1. The molecule has 0 radical (unpaired) electrons. The molecule has 1 fully saturated rings. The van der Waals surface area contributed by atoms with Crippen molar-refractivity contribution in [3.63, 3.8) is 0 Å². The predicted molar refractivity (Wildman–Crippen MR) is 138 cm³/mol. The molecule has 0 saturated carbocycles. The lowest BCUT2D eigenvalue weighted by atomic mass is 10.1. The van der Waals surface area contributed by atoms with Crippen LogP contribution in [0.5, 0.6) is 0 Å². The van der Waals surface area contributed by atoms with Crippen LogP contribution in [0.15, 0.2) is 0 Å². The minimum atomic E-state index is -4.34. The van der Waals surface area contributed by atoms with E-state index in [4.69, 9.17) is 4.74 Å². The van der Waals surface area contributed by atoms with Gasteiger partial charge in [-0.2, -0.15) is 18.2 Å². The van der Waals surface area contributed by atoms with Gasteiger partial charge in [-0.15, -0.1) is 0 Å². The van der Waals surface area contributed by atoms with Crippen LogP contribution in [0.25, 0.3) is 0 Å². The van der Waals surface area contributed by atoms with Crippen molar-refractivity contribution >= 4 is 27.9 Å². The average Bonchev–Trinajstić information content (AvgIpc) is 2.76. The largest absolute Gasteiger partial charge is 0.444 e. The minimum absolute atomic E-state index is 0.000866. The molecule has 38 heavy (non-hydrogen) atoms. The Hall–Kier alpha value is -2.39. The molecule has 1 aromatic heterocycles. The smallest absolute Gasteiger partial charge is 0.410 e. The van der Waals surface area contributed by atoms with Crippen molar-refractivity contribution in [3.05, 3.63) is 11.3 Å². The van der Waals surface area contributed by atoms with E-state index in [1.165, 1.54) is 4.90 Å². The molecule has 2 N–H and O–H groups in total. The quantitative estimate of drug-likeness (QED) is 0.489. The number of sulfonamides is 1. The van der Waals surface area contributed by atoms with Crippen LogP contribution in [0.1, 0.15) is 45.9 Å². The molecule has 0 bridgehead atoms. The number of hydrogen-bond donors (Lipinski definition) is 2. The van der Waals surface area contributed by atoms with E-state index in [0.717, 1.165) is 0 Å². The highest BCUT2D eigenvalue weighted by atomic mass is 32.2. The minimum Gasteiger partial charge on any atom is -0.444 e. The Bertz CT molecular complexity index is 1090. The van der Waals surface area contributed by atoms with E-state index in [2.05, 4.69) is 20.0 Å². The van der Waals surface area contributed by atoms with Gasteiger partial charge in [-0.05, 0) is 34.6 Å². The van der Waals surface area contributed by atoms with E-state index >= 15 is 0 Å². The van der Waals surface area contributed by atoms with Crippen LogP contribution in [0.4, 0.5) is 29.7 Å². The lowest BCUT2D eigenvalue weighted by molar-refractivity contribution is -0.147. The lowest BCUT2D eigenvalue weighted by Crippen LogP contribution is -2.50. The number of aromatic nitrogens is 2. The molecular formula is C23H38F3N7O4S. The van der Waals surface area contributed by atoms with Crippen molar-refractivity contribution in [2.24, 2.45) is 0 Å². The van der Waals surface area contributed by atoms with Crippen molar-refractivity contribution in [2.45, 2.75) is 65.4 Å². The Morgan fingerprint density at radius 3 is 2.32 bits per heavy atom. The third-order valence-electron chi connectivity index (χ3n) is 5.82. The number of amides is 1. The van der Waals surface area contributed by atoms with Gasteiger partial charge in [0.05, 0.1) is 18.0 Å². The number of ether oxygens (including phenoxy) is 1. The molecule has 1 amide bonds. The Balaban J connectivity index is 1.77. The topological polar surface area (TPSA) is 120 Å². The van der Waals surface area contributed by atoms with Gasteiger partial charge in [0, 0.05) is 63.8 Å². The summed E-state index contributed by atoms with van der Waals surface area (Å²) >= 11 is 0. The molecule has 0 atom stereocenters. The maximum Gasteiger partial charge on any atom is 0.410 e. The molecule has 0 aliphatic carbocycles. The fourth-order valence-electron chi connectivity index (χ4n) is 4.27. The monoisotopic (exact) mass is 565 g/mol. The predicted octanol–water partition coefficient (Wildman–Crippen LogP) is 2.19. The second-order valence-corrected chi connectivity index (χ2v) is 12.7. The molecule has 1 aromatic rings. The third kappa shape index (κ3) is 9.12. The summed E-state index contributed by atoms with van der Waals surface area (Å²) in [5.74, 6) is 0.494. The van der Waals surface area contributed by atoms with Gasteiger partial charge in [0.25, 0.3) is 0 Å². The second-order valence-electron chi connectivity index (χ2n) is 10.8. The first-order valence-electron chi connectivity index (χ1n) is 12.7. The van der Waals surface area contributed by atoms with Crippen LogP contribution < -0.4 is 14.9 Å². The van der Waals surface area contributed by atoms with Crippen molar-refractivity contribution in [1.82, 2.24) is 24.5 Å². The molecule has 0 aromatic carbocycles. The van der Waals surface area contributed by atoms with Crippen molar-refractivity contribution < 1.29 is 31.1 Å². The van der Waals surface area contributed by atoms with Crippen molar-refractivity contribution in [1.29, 1.82) is 0 Å². The molecule has 2 aliphatic rings. The van der Waals surface area contributed by atoms with Crippen LogP contribution >= 0.6 is 0 Å². The molecule has 15 heteroatoms. The van der Waals surface area contributed by atoms with Gasteiger partial charge >= 0.3 is 12.3 Å². The van der Waals surface area contributed by atoms with Crippen molar-refractivity contribution in [2.75, 3.05) is 61.8 Å². The van der Waals surface area contributed by atoms with E-state index < -0.39 is 34.4 Å². The zero-order valence-corrected chi connectivity index (χ0v) is 23.4. The standard InChI is InChI=1S/C23H38F3N7O4S/c1-16(2)30-38(35,36)13-7-27-19-17-14-31(15-23(24,25)26)8-6-18(17)28-20(29-19)32-9-11-33(12-10-32)21(34)37-22(3,4)5/h16,30H,6-15H2,1-5H3,(H,27,28,29). The summed E-state index contributed by atoms with van der Waals surface area (Å²) in [6, 6.07) is -0.256. The Morgan fingerprint density at radius 1 is 1.08 bits per heavy atom. The molecule has 3 rings (SSSR count). The van der Waals surface area contributed by atoms with Crippen LogP contribution in [0, 0.1) is 0 Å². The van der Waals surface area contributed by atoms with Crippen LogP contribution in [0.2, 0.25) is 0 Å². The normalized spacial score (nSPS) is 17.5. The van der Waals surface area contributed by atoms with Gasteiger partial charge in [0.15, 0.2) is 0 Å². The van der Waals surface area contributed by atoms with Crippen LogP contribution in [0.3, 0.4) is 0 Å². The Morgan fingerprint density at radius 2 is 1.74 bits per heavy atom. The number of piperazine rings is 1. The highest BCUT2D eigenvalue weighted by Gasteiger charge is 2.34. The first kappa shape index (κ1) is 30.2. The maximum atomic E-state index is 13.0. The van der Waals surface area contributed by atoms with Gasteiger partial charge < -0.3 is 19.9 Å². The first-order valence-corrected chi connectivity index (χ1v) is 14.3. The number of nitrogens with one attached hydrogen (secondary N) is 2. The molecule has 216 valence electrons. The van der Waals surface area contributed by atoms with E-state index in [9.17, 15) is 26.4 Å². The third-order valence-corrected chi connectivity index (χ3v) is 7.40. The SMILES string of the molecule is CC(C)NS(=O)(=O)CCNc1nc(N2CCN(C(=O)OC(C)(C)C)CC2)nc2c1CN(CC(F)(F)F)CC2. The molecule has 2 aliphatic heterocycles. The van der Waals surface area contributed by atoms with E-state index in [-0.39, 0.29) is 31.4 Å². The van der Waals surface area contributed by atoms with E-state index in [1.54, 1.807) is 39.5 Å². The molecule has 0 unspecified atom stereocenters. The summed E-state index contributed by atoms with van der Waals surface area (Å²) in [6.45, 7) is 9.71. The molecule has 1 saturated heterocycles. The molecule has 0 spiro atoms. The van der Waals surface area contributed by atoms with E-state index in [1.807, 2.05) is 4.90 Å². The Labute approximate surface area is 222 Å². The number of carbonyl (C=O) groups is 1. The summed E-state index contributed by atoms with van der Waals surface area (Å²) < 4.78 is 71.5. The van der Waals surface area contributed by atoms with Gasteiger partial charge in [0.2, 0.25) is 16.0 Å². The number of halogens is 3. The zero-order chi connectivity index (χ0) is 28.3. The van der Waals surface area contributed by atoms with Crippen LogP contribution in [-0.2, 0) is 27.7 Å². The number of anilines is 2. The molecule has 11 nitrogen and oxygen atoms in total. The highest BCUT2D eigenvalue weighted by molar-refractivity contribution is 7.89. The second kappa shape index (κ2) is 11.8. The fourth-order valence-corrected chi connectivity index (χ4v) is 5.48. The van der Waals surface area contributed by atoms with Crippen molar-refractivity contribution in [3.8, 4) is 0 Å². The number of rotatable bonds is 8. The number of carbonyl (C=O) groups excluding carboxylic acids is 1. The zero-order valence-electron chi connectivity index (χ0n) is 22.6. The Kier molecular flexibility index (Phi) is 9.35. The van der Waals surface area contributed by atoms with Gasteiger partial charge in [-0.3, -0.25) is 4.90 Å². The maximum absolute atomic E-state index is 13.0. The number of alkyl halides is 3. The molecule has 3 heterocycles. The summed E-state index contributed by atoms with van der Waals surface area (Å²) in [7, 11) is -3.54. The van der Waals surface area contributed by atoms with Gasteiger partial charge in [-0.25, -0.2) is 22.9 Å². The highest BCUT2D eigenvalue weighted by Crippen LogP contribution is 2.29. The van der Waals surface area contributed by atoms with E-state index in [0.29, 0.717) is 55.6 Å². The summed E-state index contributed by atoms with van der Waals surface area (Å²) in [4.78, 5) is 26.5. The number of hydrogen-bond acceptors (Lipinski definition) is 9. The summed E-state index contributed by atoms with van der Waals surface area (Å²) in [5.41, 5.74) is 0.564. The number of nitrogens with zero attached hydrogens (tertiary/aromatic N) is 5. The lowest BCUT2D eigenvalue weighted by Gasteiger charge is -2.36. The average molecular weight is 566 g/mol. The van der Waals surface area contributed by atoms with Crippen LogP contribution in [-0.4, -0.2) is 104 Å². The fraction of sp³-hybridized carbons (Fsp3) is 0.783. The summed E-state index contributed by atoms with van der Waals surface area (Å²) in [6.07, 6.45) is -4.43. The summed E-state index contributed by atoms with van der Waals surface area (Å²) in [5, 5.41) is 3.03.